The van der Waals surface area contributed by atoms with Crippen LogP contribution in [-0.2, 0) is 0 Å². The Hall–Kier alpha value is -0.780. The van der Waals surface area contributed by atoms with Crippen LogP contribution in [0.5, 0.6) is 0 Å². The number of amides is 1. The fourth-order valence-electron chi connectivity index (χ4n) is 1.76. The Balaban J connectivity index is 0.00000112. The van der Waals surface area contributed by atoms with Gasteiger partial charge in [0.05, 0.1) is 6.20 Å². The molecule has 5 nitrogen and oxygen atoms in total. The highest BCUT2D eigenvalue weighted by atomic mass is 35.5. The molecule has 92 valence electrons. The number of nitrogens with two attached hydrogens (primary N) is 1. The number of rotatable bonds is 2. The quantitative estimate of drug-likeness (QED) is 0.741. The van der Waals surface area contributed by atoms with Crippen LogP contribution in [0.15, 0.2) is 6.20 Å². The molecule has 0 saturated carbocycles. The van der Waals surface area contributed by atoms with Gasteiger partial charge in [0.15, 0.2) is 0 Å². The fraction of sp³-hybridized carbons (Fsp3) is 0.556. The number of hydrogen-bond donors (Lipinski definition) is 3. The van der Waals surface area contributed by atoms with Gasteiger partial charge in [-0.2, -0.15) is 0 Å². The van der Waals surface area contributed by atoms with E-state index in [1.165, 1.54) is 6.20 Å². The van der Waals surface area contributed by atoms with E-state index in [-0.39, 0.29) is 24.8 Å². The molecule has 1 saturated heterocycles. The lowest BCUT2D eigenvalue weighted by atomic mass is 9.98. The Morgan fingerprint density at radius 3 is 2.50 bits per heavy atom. The summed E-state index contributed by atoms with van der Waals surface area (Å²) in [6, 6.07) is 0. The second-order valence-corrected chi connectivity index (χ2v) is 3.57. The minimum absolute atomic E-state index is 0. The number of hydrogen-bond acceptors (Lipinski definition) is 3. The van der Waals surface area contributed by atoms with E-state index in [0.717, 1.165) is 31.8 Å². The molecule has 0 bridgehead atoms. The zero-order valence-corrected chi connectivity index (χ0v) is 10.4. The maximum Gasteiger partial charge on any atom is 0.266 e. The second kappa shape index (κ2) is 6.73. The van der Waals surface area contributed by atoms with Crippen molar-refractivity contribution < 1.29 is 4.79 Å². The molecule has 0 spiro atoms. The molecule has 1 aliphatic rings. The van der Waals surface area contributed by atoms with E-state index in [9.17, 15) is 4.79 Å². The maximum absolute atomic E-state index is 10.8. The molecule has 2 heterocycles. The molecule has 1 aromatic heterocycles. The number of nitrogens with zero attached hydrogens (tertiary/aromatic N) is 1. The van der Waals surface area contributed by atoms with Gasteiger partial charge < -0.3 is 16.0 Å². The van der Waals surface area contributed by atoms with Gasteiger partial charge in [0.2, 0.25) is 0 Å². The zero-order valence-electron chi connectivity index (χ0n) is 8.73. The van der Waals surface area contributed by atoms with Crippen molar-refractivity contribution >= 4 is 30.7 Å². The Bertz CT molecular complexity index is 336. The number of carbonyl (C=O) groups excluding carboxylic acids is 1. The number of H-pyrrole nitrogens is 1. The Morgan fingerprint density at radius 1 is 1.38 bits per heavy atom. The van der Waals surface area contributed by atoms with E-state index in [2.05, 4.69) is 15.3 Å². The van der Waals surface area contributed by atoms with Crippen molar-refractivity contribution in [2.75, 3.05) is 13.1 Å². The summed E-state index contributed by atoms with van der Waals surface area (Å²) < 4.78 is 0. The van der Waals surface area contributed by atoms with Gasteiger partial charge in [0.1, 0.15) is 11.5 Å². The van der Waals surface area contributed by atoms with Crippen LogP contribution in [0.3, 0.4) is 0 Å². The third-order valence-corrected chi connectivity index (χ3v) is 2.59. The average Bonchev–Trinajstić information content (AvgIpc) is 2.68. The van der Waals surface area contributed by atoms with Crippen LogP contribution in [-0.4, -0.2) is 29.0 Å². The number of aromatic nitrogens is 2. The standard InChI is InChI=1S/C9H14N4O.2ClH/c10-8(14)7-5-12-9(13-7)6-1-3-11-4-2-6;;/h5-6,11H,1-4H2,(H2,10,14)(H,12,13);2*1H. The molecule has 0 atom stereocenters. The monoisotopic (exact) mass is 266 g/mol. The molecule has 1 amide bonds. The summed E-state index contributed by atoms with van der Waals surface area (Å²) in [6.07, 6.45) is 3.64. The van der Waals surface area contributed by atoms with Crippen LogP contribution < -0.4 is 11.1 Å². The van der Waals surface area contributed by atoms with Crippen LogP contribution in [0.4, 0.5) is 0 Å². The number of aromatic amines is 1. The van der Waals surface area contributed by atoms with Crippen molar-refractivity contribution in [1.29, 1.82) is 0 Å². The van der Waals surface area contributed by atoms with Gasteiger partial charge in [0, 0.05) is 5.92 Å². The topological polar surface area (TPSA) is 83.8 Å². The van der Waals surface area contributed by atoms with Crippen molar-refractivity contribution in [2.45, 2.75) is 18.8 Å². The van der Waals surface area contributed by atoms with Gasteiger partial charge in [-0.3, -0.25) is 4.79 Å². The lowest BCUT2D eigenvalue weighted by Gasteiger charge is -2.20. The third kappa shape index (κ3) is 3.37. The molecule has 7 heteroatoms. The lowest BCUT2D eigenvalue weighted by molar-refractivity contribution is 0.0996. The first-order valence-electron chi connectivity index (χ1n) is 4.83. The second-order valence-electron chi connectivity index (χ2n) is 3.57. The van der Waals surface area contributed by atoms with Crippen LogP contribution in [0.2, 0.25) is 0 Å². The number of imidazole rings is 1. The third-order valence-electron chi connectivity index (χ3n) is 2.59. The predicted molar refractivity (Wildman–Crippen MR) is 66.4 cm³/mol. The van der Waals surface area contributed by atoms with E-state index < -0.39 is 5.91 Å². The molecule has 0 aromatic carbocycles. The molecule has 4 N–H and O–H groups in total. The minimum Gasteiger partial charge on any atom is -0.364 e. The van der Waals surface area contributed by atoms with Gasteiger partial charge in [-0.25, -0.2) is 4.98 Å². The molecule has 0 aliphatic carbocycles. The average molecular weight is 267 g/mol. The SMILES string of the molecule is Cl.Cl.NC(=O)c1cnc(C2CCNCC2)[nH]1. The van der Waals surface area contributed by atoms with E-state index in [1.54, 1.807) is 0 Å². The van der Waals surface area contributed by atoms with Crippen molar-refractivity contribution in [3.8, 4) is 0 Å². The molecule has 1 aliphatic heterocycles. The van der Waals surface area contributed by atoms with Gasteiger partial charge in [-0.15, -0.1) is 24.8 Å². The summed E-state index contributed by atoms with van der Waals surface area (Å²) >= 11 is 0. The molecule has 1 aromatic rings. The van der Waals surface area contributed by atoms with Gasteiger partial charge in [0.25, 0.3) is 5.91 Å². The van der Waals surface area contributed by atoms with Gasteiger partial charge in [-0.05, 0) is 25.9 Å². The first kappa shape index (κ1) is 15.2. The predicted octanol–water partition coefficient (Wildman–Crippen LogP) is 0.819. The number of nitrogens with one attached hydrogen (secondary N) is 2. The summed E-state index contributed by atoms with van der Waals surface area (Å²) in [6.45, 7) is 2.02. The zero-order chi connectivity index (χ0) is 9.97. The molecule has 0 unspecified atom stereocenters. The first-order valence-corrected chi connectivity index (χ1v) is 4.83. The lowest BCUT2D eigenvalue weighted by Crippen LogP contribution is -2.27. The largest absolute Gasteiger partial charge is 0.364 e. The van der Waals surface area contributed by atoms with Crippen molar-refractivity contribution in [2.24, 2.45) is 5.73 Å². The minimum atomic E-state index is -0.447. The number of primary amides is 1. The number of piperidine rings is 1. The summed E-state index contributed by atoms with van der Waals surface area (Å²) in [5, 5.41) is 3.28. The Kier molecular flexibility index (Phi) is 6.40. The highest BCUT2D eigenvalue weighted by Gasteiger charge is 2.18. The first-order chi connectivity index (χ1) is 6.77. The van der Waals surface area contributed by atoms with Crippen molar-refractivity contribution in [3.05, 3.63) is 17.7 Å². The normalized spacial score (nSPS) is 16.0. The highest BCUT2D eigenvalue weighted by molar-refractivity contribution is 5.90. The molecule has 1 fully saturated rings. The molecular formula is C9H16Cl2N4O. The van der Waals surface area contributed by atoms with E-state index >= 15 is 0 Å². The smallest absolute Gasteiger partial charge is 0.266 e. The van der Waals surface area contributed by atoms with Crippen molar-refractivity contribution in [3.63, 3.8) is 0 Å². The van der Waals surface area contributed by atoms with E-state index in [1.807, 2.05) is 0 Å². The van der Waals surface area contributed by atoms with Crippen LogP contribution >= 0.6 is 24.8 Å². The van der Waals surface area contributed by atoms with E-state index in [0.29, 0.717) is 11.6 Å². The van der Waals surface area contributed by atoms with Gasteiger partial charge in [-0.1, -0.05) is 0 Å². The molecule has 0 radical (unpaired) electrons. The van der Waals surface area contributed by atoms with Crippen LogP contribution in [0.1, 0.15) is 35.1 Å². The van der Waals surface area contributed by atoms with E-state index in [4.69, 9.17) is 5.73 Å². The number of halogens is 2. The van der Waals surface area contributed by atoms with Gasteiger partial charge >= 0.3 is 0 Å². The Labute approximate surface area is 106 Å². The highest BCUT2D eigenvalue weighted by Crippen LogP contribution is 2.21. The molecule has 2 rings (SSSR count). The molecular weight excluding hydrogens is 251 g/mol. The summed E-state index contributed by atoms with van der Waals surface area (Å²) in [7, 11) is 0. The summed E-state index contributed by atoms with van der Waals surface area (Å²) in [5.41, 5.74) is 5.54. The maximum atomic E-state index is 10.8. The summed E-state index contributed by atoms with van der Waals surface area (Å²) in [4.78, 5) is 18.0. The van der Waals surface area contributed by atoms with Crippen molar-refractivity contribution in [1.82, 2.24) is 15.3 Å². The number of carbonyl (C=O) groups is 1. The summed E-state index contributed by atoms with van der Waals surface area (Å²) in [5.74, 6) is 0.877. The molecule has 16 heavy (non-hydrogen) atoms. The fourth-order valence-corrected chi connectivity index (χ4v) is 1.76. The Morgan fingerprint density at radius 2 is 2.00 bits per heavy atom. The van der Waals surface area contributed by atoms with Crippen LogP contribution in [0, 0.1) is 0 Å². The van der Waals surface area contributed by atoms with Crippen LogP contribution in [0.25, 0.3) is 0 Å².